The van der Waals surface area contributed by atoms with Gasteiger partial charge in [-0.1, -0.05) is 26.0 Å². The maximum Gasteiger partial charge on any atom is 0.277 e. The highest BCUT2D eigenvalue weighted by Crippen LogP contribution is 2.24. The number of nitro benzene ring substituents is 2. The molecule has 0 aliphatic carbocycles. The first-order chi connectivity index (χ1) is 11.3. The molecule has 0 aromatic heterocycles. The third-order valence-electron chi connectivity index (χ3n) is 3.40. The van der Waals surface area contributed by atoms with Crippen LogP contribution in [0.15, 0.2) is 42.5 Å². The molecule has 0 heterocycles. The van der Waals surface area contributed by atoms with Crippen molar-refractivity contribution >= 4 is 23.0 Å². The standard InChI is InChI=1S/C16H15N3O5/c1-10(2)11-4-3-5-13(6-11)17-16(20)12-7-14(18(21)22)9-15(8-12)19(23)24/h3-10H,1-2H3,(H,17,20). The summed E-state index contributed by atoms with van der Waals surface area (Å²) in [6.07, 6.45) is 0. The van der Waals surface area contributed by atoms with Crippen LogP contribution in [-0.2, 0) is 0 Å². The van der Waals surface area contributed by atoms with Gasteiger partial charge >= 0.3 is 0 Å². The monoisotopic (exact) mass is 329 g/mol. The molecule has 0 aliphatic rings. The van der Waals surface area contributed by atoms with Crippen LogP contribution in [0.2, 0.25) is 0 Å². The van der Waals surface area contributed by atoms with Gasteiger partial charge in [-0.15, -0.1) is 0 Å². The van der Waals surface area contributed by atoms with Crippen molar-refractivity contribution in [1.29, 1.82) is 0 Å². The summed E-state index contributed by atoms with van der Waals surface area (Å²) in [5, 5.41) is 24.4. The summed E-state index contributed by atoms with van der Waals surface area (Å²) in [6.45, 7) is 4.01. The fourth-order valence-electron chi connectivity index (χ4n) is 2.12. The smallest absolute Gasteiger partial charge is 0.277 e. The van der Waals surface area contributed by atoms with Gasteiger partial charge in [-0.2, -0.15) is 0 Å². The topological polar surface area (TPSA) is 115 Å². The maximum absolute atomic E-state index is 12.3. The van der Waals surface area contributed by atoms with E-state index in [2.05, 4.69) is 5.32 Å². The van der Waals surface area contributed by atoms with Gasteiger partial charge in [-0.25, -0.2) is 0 Å². The molecular formula is C16H15N3O5. The van der Waals surface area contributed by atoms with E-state index in [4.69, 9.17) is 0 Å². The number of nitrogens with one attached hydrogen (secondary N) is 1. The van der Waals surface area contributed by atoms with E-state index >= 15 is 0 Å². The van der Waals surface area contributed by atoms with Crippen LogP contribution in [0.25, 0.3) is 0 Å². The van der Waals surface area contributed by atoms with E-state index in [9.17, 15) is 25.0 Å². The number of nitrogens with zero attached hydrogens (tertiary/aromatic N) is 2. The first-order valence-corrected chi connectivity index (χ1v) is 7.13. The van der Waals surface area contributed by atoms with Gasteiger partial charge in [0.25, 0.3) is 17.3 Å². The van der Waals surface area contributed by atoms with Gasteiger partial charge in [0, 0.05) is 17.8 Å². The van der Waals surface area contributed by atoms with Crippen molar-refractivity contribution in [2.75, 3.05) is 5.32 Å². The Morgan fingerprint density at radius 1 is 1.00 bits per heavy atom. The van der Waals surface area contributed by atoms with E-state index in [0.29, 0.717) is 5.69 Å². The van der Waals surface area contributed by atoms with Gasteiger partial charge in [0.1, 0.15) is 0 Å². The Balaban J connectivity index is 2.34. The van der Waals surface area contributed by atoms with Crippen LogP contribution in [0.3, 0.4) is 0 Å². The molecule has 0 saturated carbocycles. The zero-order valence-corrected chi connectivity index (χ0v) is 13.1. The van der Waals surface area contributed by atoms with E-state index in [1.54, 1.807) is 18.2 Å². The predicted octanol–water partition coefficient (Wildman–Crippen LogP) is 3.88. The molecule has 0 atom stereocenters. The number of non-ortho nitro benzene ring substituents is 2. The zero-order chi connectivity index (χ0) is 17.9. The molecule has 0 unspecified atom stereocenters. The van der Waals surface area contributed by atoms with Crippen molar-refractivity contribution in [3.8, 4) is 0 Å². The minimum atomic E-state index is -0.775. The summed E-state index contributed by atoms with van der Waals surface area (Å²) >= 11 is 0. The molecule has 24 heavy (non-hydrogen) atoms. The van der Waals surface area contributed by atoms with E-state index in [-0.39, 0.29) is 11.5 Å². The molecule has 2 rings (SSSR count). The van der Waals surface area contributed by atoms with Crippen molar-refractivity contribution in [2.24, 2.45) is 0 Å². The molecule has 0 spiro atoms. The van der Waals surface area contributed by atoms with Crippen molar-refractivity contribution in [3.05, 3.63) is 73.8 Å². The summed E-state index contributed by atoms with van der Waals surface area (Å²) in [5.41, 5.74) is 0.361. The van der Waals surface area contributed by atoms with Crippen LogP contribution in [-0.4, -0.2) is 15.8 Å². The first-order valence-electron chi connectivity index (χ1n) is 7.13. The Labute approximate surface area is 137 Å². The van der Waals surface area contributed by atoms with Crippen LogP contribution >= 0.6 is 0 Å². The second-order valence-electron chi connectivity index (χ2n) is 5.49. The molecule has 1 N–H and O–H groups in total. The Kier molecular flexibility index (Phi) is 4.88. The molecule has 124 valence electrons. The largest absolute Gasteiger partial charge is 0.322 e. The fraction of sp³-hybridized carbons (Fsp3) is 0.188. The highest BCUT2D eigenvalue weighted by Gasteiger charge is 2.20. The lowest BCUT2D eigenvalue weighted by Gasteiger charge is -2.09. The number of carbonyl (C=O) groups is 1. The Hall–Kier alpha value is -3.29. The van der Waals surface area contributed by atoms with E-state index < -0.39 is 27.1 Å². The van der Waals surface area contributed by atoms with Crippen molar-refractivity contribution in [1.82, 2.24) is 0 Å². The van der Waals surface area contributed by atoms with E-state index in [1.165, 1.54) is 0 Å². The van der Waals surface area contributed by atoms with Gasteiger partial charge in [0.15, 0.2) is 0 Å². The molecule has 2 aromatic rings. The molecule has 8 nitrogen and oxygen atoms in total. The highest BCUT2D eigenvalue weighted by molar-refractivity contribution is 6.05. The number of amides is 1. The summed E-state index contributed by atoms with van der Waals surface area (Å²) in [5.74, 6) is -0.386. The predicted molar refractivity (Wildman–Crippen MR) is 88.2 cm³/mol. The second-order valence-corrected chi connectivity index (χ2v) is 5.49. The van der Waals surface area contributed by atoms with Crippen LogP contribution in [0, 0.1) is 20.2 Å². The fourth-order valence-corrected chi connectivity index (χ4v) is 2.12. The highest BCUT2D eigenvalue weighted by atomic mass is 16.6. The summed E-state index contributed by atoms with van der Waals surface area (Å²) in [4.78, 5) is 32.5. The summed E-state index contributed by atoms with van der Waals surface area (Å²) < 4.78 is 0. The van der Waals surface area contributed by atoms with Crippen molar-refractivity contribution < 1.29 is 14.6 Å². The Morgan fingerprint density at radius 3 is 2.08 bits per heavy atom. The van der Waals surface area contributed by atoms with Crippen molar-refractivity contribution in [2.45, 2.75) is 19.8 Å². The van der Waals surface area contributed by atoms with Gasteiger partial charge in [0.2, 0.25) is 0 Å². The maximum atomic E-state index is 12.3. The Morgan fingerprint density at radius 2 is 1.58 bits per heavy atom. The number of benzene rings is 2. The summed E-state index contributed by atoms with van der Waals surface area (Å²) in [7, 11) is 0. The number of anilines is 1. The minimum Gasteiger partial charge on any atom is -0.322 e. The SMILES string of the molecule is CC(C)c1cccc(NC(=O)c2cc([N+](=O)[O-])cc([N+](=O)[O-])c2)c1. The lowest BCUT2D eigenvalue weighted by Crippen LogP contribution is -2.13. The summed E-state index contributed by atoms with van der Waals surface area (Å²) in [6, 6.07) is 9.99. The average Bonchev–Trinajstić information content (AvgIpc) is 2.54. The third-order valence-corrected chi connectivity index (χ3v) is 3.40. The number of rotatable bonds is 5. The second kappa shape index (κ2) is 6.86. The normalized spacial score (nSPS) is 10.5. The first kappa shape index (κ1) is 17.1. The molecule has 0 bridgehead atoms. The van der Waals surface area contributed by atoms with E-state index in [0.717, 1.165) is 23.8 Å². The lowest BCUT2D eigenvalue weighted by molar-refractivity contribution is -0.394. The lowest BCUT2D eigenvalue weighted by atomic mass is 10.0. The number of nitro groups is 2. The number of carbonyl (C=O) groups excluding carboxylic acids is 1. The van der Waals surface area contributed by atoms with Gasteiger partial charge in [-0.05, 0) is 23.6 Å². The minimum absolute atomic E-state index is 0.147. The molecule has 0 radical (unpaired) electrons. The van der Waals surface area contributed by atoms with Gasteiger partial charge in [0.05, 0.1) is 21.5 Å². The quantitative estimate of drug-likeness (QED) is 0.660. The van der Waals surface area contributed by atoms with Crippen LogP contribution in [0.1, 0.15) is 35.7 Å². The van der Waals surface area contributed by atoms with E-state index in [1.807, 2.05) is 19.9 Å². The average molecular weight is 329 g/mol. The number of hydrogen-bond donors (Lipinski definition) is 1. The number of hydrogen-bond acceptors (Lipinski definition) is 5. The molecule has 1 amide bonds. The molecule has 2 aromatic carbocycles. The van der Waals surface area contributed by atoms with Crippen molar-refractivity contribution in [3.63, 3.8) is 0 Å². The third kappa shape index (κ3) is 3.92. The molecule has 0 saturated heterocycles. The van der Waals surface area contributed by atoms with Crippen LogP contribution in [0.5, 0.6) is 0 Å². The van der Waals surface area contributed by atoms with Gasteiger partial charge in [-0.3, -0.25) is 25.0 Å². The molecule has 0 fully saturated rings. The zero-order valence-electron chi connectivity index (χ0n) is 13.1. The van der Waals surface area contributed by atoms with Crippen LogP contribution in [0.4, 0.5) is 17.1 Å². The molecule has 0 aliphatic heterocycles. The molecule has 8 heteroatoms. The van der Waals surface area contributed by atoms with Gasteiger partial charge < -0.3 is 5.32 Å². The Bertz CT molecular complexity index is 785. The molecular weight excluding hydrogens is 314 g/mol. The van der Waals surface area contributed by atoms with Crippen LogP contribution < -0.4 is 5.32 Å².